The maximum atomic E-state index is 12.6. The fraction of sp³-hybridized carbons (Fsp3) is 0.300. The highest BCUT2D eigenvalue weighted by Crippen LogP contribution is 2.37. The summed E-state index contributed by atoms with van der Waals surface area (Å²) < 4.78 is 0. The zero-order chi connectivity index (χ0) is 17.9. The van der Waals surface area contributed by atoms with E-state index in [0.717, 1.165) is 4.90 Å². The Bertz CT molecular complexity index is 753. The van der Waals surface area contributed by atoms with E-state index in [9.17, 15) is 14.7 Å². The van der Waals surface area contributed by atoms with Gasteiger partial charge in [-0.25, -0.2) is 0 Å². The summed E-state index contributed by atoms with van der Waals surface area (Å²) in [7, 11) is 0. The molecular weight excluding hydrogens is 334 g/mol. The van der Waals surface area contributed by atoms with E-state index in [2.05, 4.69) is 5.32 Å². The molecule has 1 aliphatic rings. The highest BCUT2D eigenvalue weighted by molar-refractivity contribution is 8.01. The number of hydrogen-bond acceptors (Lipinski definition) is 3. The van der Waals surface area contributed by atoms with Crippen LogP contribution in [0.5, 0.6) is 0 Å². The van der Waals surface area contributed by atoms with E-state index in [4.69, 9.17) is 0 Å². The average Bonchev–Trinajstić information content (AvgIpc) is 3.07. The fourth-order valence-corrected chi connectivity index (χ4v) is 4.44. The Balaban J connectivity index is 1.72. The molecule has 0 saturated heterocycles. The molecule has 2 unspecified atom stereocenters. The Labute approximate surface area is 151 Å². The van der Waals surface area contributed by atoms with Crippen molar-refractivity contribution in [3.63, 3.8) is 0 Å². The van der Waals surface area contributed by atoms with E-state index >= 15 is 0 Å². The molecule has 2 aromatic rings. The predicted molar refractivity (Wildman–Crippen MR) is 98.8 cm³/mol. The van der Waals surface area contributed by atoms with Gasteiger partial charge < -0.3 is 10.4 Å². The Hall–Kier alpha value is -2.27. The lowest BCUT2D eigenvalue weighted by atomic mass is 9.78. The number of carboxylic acid groups (broad SMARTS) is 1. The van der Waals surface area contributed by atoms with Crippen molar-refractivity contribution < 1.29 is 14.7 Å². The molecule has 0 radical (unpaired) electrons. The first-order chi connectivity index (χ1) is 12.1. The van der Waals surface area contributed by atoms with Crippen LogP contribution in [0.3, 0.4) is 0 Å². The van der Waals surface area contributed by atoms with E-state index in [1.54, 1.807) is 11.8 Å². The summed E-state index contributed by atoms with van der Waals surface area (Å²) in [6, 6.07) is 17.1. The van der Waals surface area contributed by atoms with Crippen LogP contribution in [0, 0.1) is 0 Å². The molecule has 1 aliphatic heterocycles. The standard InChI is InChI=1S/C20H21NO3S/c1-2-20(19(23)24,15-9-4-3-5-10-15)13-21-18(22)17-12-14-8-6-7-11-16(14)25-17/h3-11,17H,2,12-13H2,1H3,(H,21,22)(H,23,24). The predicted octanol–water partition coefficient (Wildman–Crippen LogP) is 3.25. The molecule has 4 nitrogen and oxygen atoms in total. The molecule has 0 bridgehead atoms. The van der Waals surface area contributed by atoms with Crippen LogP contribution < -0.4 is 5.32 Å². The fourth-order valence-electron chi connectivity index (χ4n) is 3.22. The minimum absolute atomic E-state index is 0.0923. The molecule has 2 atom stereocenters. The number of carboxylic acids is 1. The number of rotatable bonds is 6. The van der Waals surface area contributed by atoms with Crippen LogP contribution >= 0.6 is 11.8 Å². The van der Waals surface area contributed by atoms with Crippen LogP contribution in [0.1, 0.15) is 24.5 Å². The molecule has 1 amide bonds. The zero-order valence-electron chi connectivity index (χ0n) is 14.1. The van der Waals surface area contributed by atoms with E-state index in [1.165, 1.54) is 5.56 Å². The average molecular weight is 355 g/mol. The summed E-state index contributed by atoms with van der Waals surface area (Å²) >= 11 is 1.55. The first kappa shape index (κ1) is 17.5. The summed E-state index contributed by atoms with van der Waals surface area (Å²) in [5, 5.41) is 12.5. The first-order valence-electron chi connectivity index (χ1n) is 8.38. The molecule has 1 heterocycles. The number of thioether (sulfide) groups is 1. The van der Waals surface area contributed by atoms with Crippen molar-refractivity contribution in [3.8, 4) is 0 Å². The molecule has 0 aromatic heterocycles. The number of benzene rings is 2. The lowest BCUT2D eigenvalue weighted by Gasteiger charge is -2.29. The smallest absolute Gasteiger partial charge is 0.315 e. The van der Waals surface area contributed by atoms with Gasteiger partial charge in [0.2, 0.25) is 5.91 Å². The number of nitrogens with one attached hydrogen (secondary N) is 1. The normalized spacial score (nSPS) is 18.2. The maximum Gasteiger partial charge on any atom is 0.315 e. The lowest BCUT2D eigenvalue weighted by molar-refractivity contribution is -0.144. The third-order valence-electron chi connectivity index (χ3n) is 4.84. The topological polar surface area (TPSA) is 66.4 Å². The number of carbonyl (C=O) groups is 2. The molecule has 0 saturated carbocycles. The first-order valence-corrected chi connectivity index (χ1v) is 9.26. The minimum Gasteiger partial charge on any atom is -0.481 e. The summed E-state index contributed by atoms with van der Waals surface area (Å²) in [4.78, 5) is 25.7. The molecule has 130 valence electrons. The number of aliphatic carboxylic acids is 1. The second kappa shape index (κ2) is 7.31. The minimum atomic E-state index is -1.10. The lowest BCUT2D eigenvalue weighted by Crippen LogP contribution is -2.48. The van der Waals surface area contributed by atoms with E-state index < -0.39 is 11.4 Å². The van der Waals surface area contributed by atoms with Crippen molar-refractivity contribution in [1.82, 2.24) is 5.32 Å². The second-order valence-corrected chi connectivity index (χ2v) is 7.49. The molecule has 3 rings (SSSR count). The van der Waals surface area contributed by atoms with Gasteiger partial charge >= 0.3 is 5.97 Å². The van der Waals surface area contributed by atoms with Crippen molar-refractivity contribution in [2.24, 2.45) is 0 Å². The van der Waals surface area contributed by atoms with Crippen molar-refractivity contribution >= 4 is 23.6 Å². The number of hydrogen-bond donors (Lipinski definition) is 2. The van der Waals surface area contributed by atoms with Gasteiger partial charge in [0.15, 0.2) is 0 Å². The Morgan fingerprint density at radius 2 is 1.84 bits per heavy atom. The maximum absolute atomic E-state index is 12.6. The highest BCUT2D eigenvalue weighted by Gasteiger charge is 2.40. The van der Waals surface area contributed by atoms with E-state index in [0.29, 0.717) is 18.4 Å². The van der Waals surface area contributed by atoms with E-state index in [1.807, 2.05) is 61.5 Å². The largest absolute Gasteiger partial charge is 0.481 e. The van der Waals surface area contributed by atoms with Crippen LogP contribution in [-0.2, 0) is 21.4 Å². The Kier molecular flexibility index (Phi) is 5.13. The Morgan fingerprint density at radius 3 is 2.48 bits per heavy atom. The van der Waals surface area contributed by atoms with Gasteiger partial charge in [0, 0.05) is 11.4 Å². The van der Waals surface area contributed by atoms with Gasteiger partial charge in [-0.1, -0.05) is 55.5 Å². The molecule has 2 aromatic carbocycles. The van der Waals surface area contributed by atoms with Gasteiger partial charge in [-0.15, -0.1) is 11.8 Å². The second-order valence-electron chi connectivity index (χ2n) is 6.24. The van der Waals surface area contributed by atoms with Gasteiger partial charge in [0.25, 0.3) is 0 Å². The van der Waals surface area contributed by atoms with Crippen molar-refractivity contribution in [2.45, 2.75) is 35.3 Å². The molecule has 25 heavy (non-hydrogen) atoms. The summed E-state index contributed by atoms with van der Waals surface area (Å²) in [6.45, 7) is 1.93. The number of carbonyl (C=O) groups excluding carboxylic acids is 1. The SMILES string of the molecule is CCC(CNC(=O)C1Cc2ccccc2S1)(C(=O)O)c1ccccc1. The van der Waals surface area contributed by atoms with Crippen molar-refractivity contribution in [1.29, 1.82) is 0 Å². The van der Waals surface area contributed by atoms with Gasteiger partial charge in [0.05, 0.1) is 5.25 Å². The number of fused-ring (bicyclic) bond motifs is 1. The van der Waals surface area contributed by atoms with Crippen LogP contribution in [0.15, 0.2) is 59.5 Å². The van der Waals surface area contributed by atoms with Gasteiger partial charge in [-0.05, 0) is 30.0 Å². The van der Waals surface area contributed by atoms with Crippen LogP contribution in [0.2, 0.25) is 0 Å². The molecule has 5 heteroatoms. The third kappa shape index (κ3) is 3.42. The molecule has 2 N–H and O–H groups in total. The van der Waals surface area contributed by atoms with Gasteiger partial charge in [-0.3, -0.25) is 9.59 Å². The molecule has 0 fully saturated rings. The van der Waals surface area contributed by atoms with Crippen LogP contribution in [-0.4, -0.2) is 28.8 Å². The molecule has 0 spiro atoms. The van der Waals surface area contributed by atoms with Crippen LogP contribution in [0.4, 0.5) is 0 Å². The van der Waals surface area contributed by atoms with Crippen molar-refractivity contribution in [2.75, 3.05) is 6.54 Å². The summed E-state index contributed by atoms with van der Waals surface area (Å²) in [5.74, 6) is -1.01. The molecule has 0 aliphatic carbocycles. The monoisotopic (exact) mass is 355 g/mol. The Morgan fingerprint density at radius 1 is 1.16 bits per heavy atom. The molecular formula is C20H21NO3S. The van der Waals surface area contributed by atoms with E-state index in [-0.39, 0.29) is 17.7 Å². The highest BCUT2D eigenvalue weighted by atomic mass is 32.2. The van der Waals surface area contributed by atoms with Gasteiger partial charge in [-0.2, -0.15) is 0 Å². The number of amides is 1. The van der Waals surface area contributed by atoms with Crippen LogP contribution in [0.25, 0.3) is 0 Å². The third-order valence-corrected chi connectivity index (χ3v) is 6.16. The van der Waals surface area contributed by atoms with Gasteiger partial charge in [0.1, 0.15) is 5.41 Å². The zero-order valence-corrected chi connectivity index (χ0v) is 14.9. The summed E-state index contributed by atoms with van der Waals surface area (Å²) in [5.41, 5.74) is 0.788. The van der Waals surface area contributed by atoms with Crippen molar-refractivity contribution in [3.05, 3.63) is 65.7 Å². The quantitative estimate of drug-likeness (QED) is 0.835. The summed E-state index contributed by atoms with van der Waals surface area (Å²) in [6.07, 6.45) is 1.09.